The van der Waals surface area contributed by atoms with Gasteiger partial charge in [-0.2, -0.15) is 0 Å². The van der Waals surface area contributed by atoms with E-state index in [9.17, 15) is 5.11 Å². The number of phenols is 1. The molecule has 0 unspecified atom stereocenters. The second-order valence-corrected chi connectivity index (χ2v) is 3.11. The van der Waals surface area contributed by atoms with Crippen molar-refractivity contribution in [1.82, 2.24) is 9.97 Å². The van der Waals surface area contributed by atoms with Crippen molar-refractivity contribution >= 4 is 0 Å². The fourth-order valence-electron chi connectivity index (χ4n) is 1.17. The van der Waals surface area contributed by atoms with Gasteiger partial charge in [0.1, 0.15) is 5.82 Å². The van der Waals surface area contributed by atoms with E-state index in [-0.39, 0.29) is 12.3 Å². The smallest absolute Gasteiger partial charge is 0.169 e. The lowest BCUT2D eigenvalue weighted by atomic mass is 10.3. The molecule has 1 aromatic heterocycles. The van der Waals surface area contributed by atoms with Gasteiger partial charge >= 0.3 is 0 Å². The molecule has 82 valence electrons. The average Bonchev–Trinajstić information content (AvgIpc) is 2.33. The van der Waals surface area contributed by atoms with Crippen molar-refractivity contribution in [3.05, 3.63) is 42.5 Å². The summed E-state index contributed by atoms with van der Waals surface area (Å²) in [6, 6.07) is 6.69. The molecule has 1 heterocycles. The highest BCUT2D eigenvalue weighted by molar-refractivity contribution is 5.40. The van der Waals surface area contributed by atoms with Crippen LogP contribution in [0.15, 0.2) is 36.7 Å². The Bertz CT molecular complexity index is 471. The van der Waals surface area contributed by atoms with Crippen LogP contribution in [0.2, 0.25) is 0 Å². The number of hydrogen-bond acceptors (Lipinski definition) is 5. The van der Waals surface area contributed by atoms with Gasteiger partial charge in [0.05, 0.1) is 18.9 Å². The molecule has 0 aliphatic heterocycles. The van der Waals surface area contributed by atoms with Gasteiger partial charge in [-0.1, -0.05) is 12.1 Å². The summed E-state index contributed by atoms with van der Waals surface area (Å²) < 4.78 is 5.39. The van der Waals surface area contributed by atoms with Crippen molar-refractivity contribution in [3.8, 4) is 17.2 Å². The number of benzene rings is 1. The van der Waals surface area contributed by atoms with E-state index in [4.69, 9.17) is 10.5 Å². The van der Waals surface area contributed by atoms with Gasteiger partial charge in [0.25, 0.3) is 0 Å². The Morgan fingerprint density at radius 2 is 1.88 bits per heavy atom. The second-order valence-electron chi connectivity index (χ2n) is 3.11. The molecule has 2 aromatic rings. The van der Waals surface area contributed by atoms with Crippen LogP contribution < -0.4 is 10.5 Å². The molecule has 0 bridgehead atoms. The lowest BCUT2D eigenvalue weighted by Crippen LogP contribution is -2.02. The first-order chi connectivity index (χ1) is 7.79. The fraction of sp³-hybridized carbons (Fsp3) is 0.0909. The highest BCUT2D eigenvalue weighted by Crippen LogP contribution is 2.28. The quantitative estimate of drug-likeness (QED) is 0.812. The van der Waals surface area contributed by atoms with E-state index in [1.54, 1.807) is 24.3 Å². The first-order valence-corrected chi connectivity index (χ1v) is 4.76. The van der Waals surface area contributed by atoms with Crippen molar-refractivity contribution in [2.24, 2.45) is 5.73 Å². The first kappa shape index (κ1) is 10.4. The predicted octanol–water partition coefficient (Wildman–Crippen LogP) is 1.43. The molecular formula is C11H11N3O2. The number of aromatic nitrogens is 2. The van der Waals surface area contributed by atoms with Crippen molar-refractivity contribution in [2.45, 2.75) is 6.54 Å². The van der Waals surface area contributed by atoms with Crippen molar-refractivity contribution in [2.75, 3.05) is 0 Å². The molecule has 0 amide bonds. The minimum atomic E-state index is 0.0744. The molecule has 0 aliphatic carbocycles. The zero-order valence-corrected chi connectivity index (χ0v) is 8.50. The number of nitrogens with zero attached hydrogens (tertiary/aromatic N) is 2. The van der Waals surface area contributed by atoms with Crippen LogP contribution in [-0.2, 0) is 6.54 Å². The molecule has 0 aliphatic rings. The molecule has 0 saturated carbocycles. The fourth-order valence-corrected chi connectivity index (χ4v) is 1.17. The summed E-state index contributed by atoms with van der Waals surface area (Å²) in [6.45, 7) is 0.289. The Labute approximate surface area is 92.5 Å². The Morgan fingerprint density at radius 3 is 2.50 bits per heavy atom. The normalized spacial score (nSPS) is 10.1. The van der Waals surface area contributed by atoms with Crippen LogP contribution in [0.3, 0.4) is 0 Å². The zero-order valence-electron chi connectivity index (χ0n) is 8.50. The number of rotatable bonds is 3. The Morgan fingerprint density at radius 1 is 1.19 bits per heavy atom. The topological polar surface area (TPSA) is 81.3 Å². The molecule has 0 fully saturated rings. The highest BCUT2D eigenvalue weighted by atomic mass is 16.5. The number of hydrogen-bond donors (Lipinski definition) is 2. The van der Waals surface area contributed by atoms with Crippen LogP contribution in [0.1, 0.15) is 5.82 Å². The van der Waals surface area contributed by atoms with E-state index in [1.807, 2.05) is 0 Å². The minimum absolute atomic E-state index is 0.0744. The predicted molar refractivity (Wildman–Crippen MR) is 58.1 cm³/mol. The summed E-state index contributed by atoms with van der Waals surface area (Å²) in [7, 11) is 0. The Balaban J connectivity index is 2.18. The standard InChI is InChI=1S/C11H11N3O2/c12-5-11-13-6-8(7-14-11)16-10-4-2-1-3-9(10)15/h1-4,6-7,15H,5,12H2. The van der Waals surface area contributed by atoms with Gasteiger partial charge in [-0.15, -0.1) is 0 Å². The third kappa shape index (κ3) is 2.26. The number of para-hydroxylation sites is 2. The molecule has 0 spiro atoms. The van der Waals surface area contributed by atoms with Gasteiger partial charge in [0.2, 0.25) is 0 Å². The molecule has 0 saturated heterocycles. The van der Waals surface area contributed by atoms with E-state index in [0.29, 0.717) is 17.3 Å². The molecule has 5 heteroatoms. The van der Waals surface area contributed by atoms with Crippen molar-refractivity contribution in [3.63, 3.8) is 0 Å². The van der Waals surface area contributed by atoms with Crippen molar-refractivity contribution < 1.29 is 9.84 Å². The second kappa shape index (κ2) is 4.59. The van der Waals surface area contributed by atoms with Crippen LogP contribution in [0, 0.1) is 0 Å². The van der Waals surface area contributed by atoms with Crippen LogP contribution in [0.4, 0.5) is 0 Å². The van der Waals surface area contributed by atoms with Crippen LogP contribution >= 0.6 is 0 Å². The molecule has 0 atom stereocenters. The van der Waals surface area contributed by atoms with Crippen LogP contribution in [0.25, 0.3) is 0 Å². The van der Waals surface area contributed by atoms with Gasteiger partial charge in [-0.25, -0.2) is 9.97 Å². The lowest BCUT2D eigenvalue weighted by molar-refractivity contribution is 0.409. The number of aromatic hydroxyl groups is 1. The minimum Gasteiger partial charge on any atom is -0.504 e. The summed E-state index contributed by atoms with van der Waals surface area (Å²) >= 11 is 0. The van der Waals surface area contributed by atoms with Gasteiger partial charge in [-0.05, 0) is 12.1 Å². The maximum absolute atomic E-state index is 9.49. The molecule has 5 nitrogen and oxygen atoms in total. The zero-order chi connectivity index (χ0) is 11.4. The number of nitrogens with two attached hydrogens (primary N) is 1. The van der Waals surface area contributed by atoms with E-state index in [0.717, 1.165) is 0 Å². The summed E-state index contributed by atoms with van der Waals surface area (Å²) in [5.74, 6) is 1.44. The summed E-state index contributed by atoms with van der Waals surface area (Å²) in [4.78, 5) is 7.96. The first-order valence-electron chi connectivity index (χ1n) is 4.76. The summed E-state index contributed by atoms with van der Waals surface area (Å²) in [6.07, 6.45) is 3.03. The molecule has 0 radical (unpaired) electrons. The van der Waals surface area contributed by atoms with Gasteiger partial charge in [0.15, 0.2) is 17.2 Å². The summed E-state index contributed by atoms with van der Waals surface area (Å²) in [5, 5.41) is 9.49. The summed E-state index contributed by atoms with van der Waals surface area (Å²) in [5.41, 5.74) is 5.37. The lowest BCUT2D eigenvalue weighted by Gasteiger charge is -2.06. The van der Waals surface area contributed by atoms with Gasteiger partial charge < -0.3 is 15.6 Å². The maximum atomic E-state index is 9.49. The highest BCUT2D eigenvalue weighted by Gasteiger charge is 2.03. The molecule has 2 rings (SSSR count). The van der Waals surface area contributed by atoms with Crippen molar-refractivity contribution in [1.29, 1.82) is 0 Å². The van der Waals surface area contributed by atoms with E-state index < -0.39 is 0 Å². The van der Waals surface area contributed by atoms with E-state index >= 15 is 0 Å². The van der Waals surface area contributed by atoms with E-state index in [1.165, 1.54) is 12.4 Å². The van der Waals surface area contributed by atoms with Gasteiger partial charge in [0, 0.05) is 0 Å². The average molecular weight is 217 g/mol. The van der Waals surface area contributed by atoms with Crippen LogP contribution in [-0.4, -0.2) is 15.1 Å². The largest absolute Gasteiger partial charge is 0.504 e. The molecular weight excluding hydrogens is 206 g/mol. The third-order valence-corrected chi connectivity index (χ3v) is 1.96. The Hall–Kier alpha value is -2.14. The monoisotopic (exact) mass is 217 g/mol. The van der Waals surface area contributed by atoms with E-state index in [2.05, 4.69) is 9.97 Å². The third-order valence-electron chi connectivity index (χ3n) is 1.96. The molecule has 1 aromatic carbocycles. The molecule has 16 heavy (non-hydrogen) atoms. The number of phenolic OH excluding ortho intramolecular Hbond substituents is 1. The number of ether oxygens (including phenoxy) is 1. The maximum Gasteiger partial charge on any atom is 0.169 e. The Kier molecular flexibility index (Phi) is 2.98. The van der Waals surface area contributed by atoms with Gasteiger partial charge in [-0.3, -0.25) is 0 Å². The molecule has 3 N–H and O–H groups in total. The van der Waals surface area contributed by atoms with Crippen LogP contribution in [0.5, 0.6) is 17.2 Å². The SMILES string of the molecule is NCc1ncc(Oc2ccccc2O)cn1.